The van der Waals surface area contributed by atoms with Crippen LogP contribution in [0.3, 0.4) is 0 Å². The first-order valence-electron chi connectivity index (χ1n) is 5.30. The van der Waals surface area contributed by atoms with E-state index in [0.29, 0.717) is 11.4 Å². The number of amides is 3. The molecule has 0 aliphatic carbocycles. The number of carbonyl (C=O) groups is 3. The van der Waals surface area contributed by atoms with Gasteiger partial charge in [-0.05, 0) is 12.1 Å². The van der Waals surface area contributed by atoms with Crippen LogP contribution in [0.25, 0.3) is 0 Å². The molecule has 102 valence electrons. The molecular formula is C11H14N4O4. The van der Waals surface area contributed by atoms with Crippen LogP contribution < -0.4 is 21.7 Å². The number of carboxylic acids is 1. The predicted octanol–water partition coefficient (Wildman–Crippen LogP) is -0.645. The number of rotatable bonds is 5. The first-order chi connectivity index (χ1) is 8.90. The largest absolute Gasteiger partial charge is 0.480 e. The van der Waals surface area contributed by atoms with Crippen LogP contribution in [0.2, 0.25) is 0 Å². The minimum absolute atomic E-state index is 0.329. The molecule has 1 rings (SSSR count). The smallest absolute Gasteiger partial charge is 0.323 e. The maximum atomic E-state index is 11.4. The molecule has 6 N–H and O–H groups in total. The van der Waals surface area contributed by atoms with E-state index in [-0.39, 0.29) is 6.54 Å². The number of urea groups is 1. The van der Waals surface area contributed by atoms with Gasteiger partial charge < -0.3 is 21.5 Å². The average Bonchev–Trinajstić information content (AvgIpc) is 2.26. The Hall–Kier alpha value is -2.77. The summed E-state index contributed by atoms with van der Waals surface area (Å²) in [4.78, 5) is 34.0. The van der Waals surface area contributed by atoms with Crippen LogP contribution in [-0.2, 0) is 9.59 Å². The minimum Gasteiger partial charge on any atom is -0.480 e. The summed E-state index contributed by atoms with van der Waals surface area (Å²) in [6.45, 7) is -0.774. The number of nitrogens with zero attached hydrogens (tertiary/aromatic N) is 1. The number of imide groups is 1. The second kappa shape index (κ2) is 6.24. The first-order valence-corrected chi connectivity index (χ1v) is 5.30. The van der Waals surface area contributed by atoms with Crippen LogP contribution in [-0.4, -0.2) is 36.1 Å². The van der Waals surface area contributed by atoms with Crippen molar-refractivity contribution in [3.05, 3.63) is 24.3 Å². The van der Waals surface area contributed by atoms with Gasteiger partial charge in [-0.15, -0.1) is 0 Å². The highest BCUT2D eigenvalue weighted by atomic mass is 16.4. The van der Waals surface area contributed by atoms with Crippen LogP contribution in [0.1, 0.15) is 0 Å². The lowest BCUT2D eigenvalue weighted by atomic mass is 10.2. The second-order valence-corrected chi connectivity index (χ2v) is 3.72. The van der Waals surface area contributed by atoms with E-state index >= 15 is 0 Å². The second-order valence-electron chi connectivity index (χ2n) is 3.72. The van der Waals surface area contributed by atoms with Gasteiger partial charge in [0.05, 0.1) is 17.9 Å². The molecule has 0 unspecified atom stereocenters. The lowest BCUT2D eigenvalue weighted by Gasteiger charge is -2.23. The molecule has 0 bridgehead atoms. The van der Waals surface area contributed by atoms with E-state index in [1.807, 2.05) is 5.32 Å². The van der Waals surface area contributed by atoms with Gasteiger partial charge in [-0.25, -0.2) is 4.79 Å². The predicted molar refractivity (Wildman–Crippen MR) is 68.4 cm³/mol. The molecule has 0 atom stereocenters. The van der Waals surface area contributed by atoms with E-state index in [4.69, 9.17) is 16.6 Å². The van der Waals surface area contributed by atoms with Crippen molar-refractivity contribution in [2.24, 2.45) is 5.73 Å². The van der Waals surface area contributed by atoms with E-state index in [2.05, 4.69) is 0 Å². The molecule has 0 saturated heterocycles. The van der Waals surface area contributed by atoms with Gasteiger partial charge in [0.25, 0.3) is 0 Å². The summed E-state index contributed by atoms with van der Waals surface area (Å²) >= 11 is 0. The van der Waals surface area contributed by atoms with E-state index in [9.17, 15) is 14.4 Å². The average molecular weight is 266 g/mol. The SMILES string of the molecule is NC(=O)NC(=O)CN(CC(=O)O)c1ccccc1N. The molecule has 8 nitrogen and oxygen atoms in total. The molecule has 0 spiro atoms. The van der Waals surface area contributed by atoms with E-state index in [1.54, 1.807) is 24.3 Å². The Bertz CT molecular complexity index is 503. The van der Waals surface area contributed by atoms with Crippen LogP contribution >= 0.6 is 0 Å². The van der Waals surface area contributed by atoms with Crippen molar-refractivity contribution in [1.82, 2.24) is 5.32 Å². The molecule has 8 heteroatoms. The van der Waals surface area contributed by atoms with Gasteiger partial charge in [0.2, 0.25) is 5.91 Å². The zero-order chi connectivity index (χ0) is 14.4. The Labute approximate surface area is 109 Å². The molecule has 0 aliphatic heterocycles. The number of hydrogen-bond acceptors (Lipinski definition) is 5. The highest BCUT2D eigenvalue weighted by Gasteiger charge is 2.17. The summed E-state index contributed by atoms with van der Waals surface area (Å²) in [5.74, 6) is -1.84. The highest BCUT2D eigenvalue weighted by molar-refractivity contribution is 5.96. The number of nitrogens with two attached hydrogens (primary N) is 2. The summed E-state index contributed by atoms with van der Waals surface area (Å²) in [6, 6.07) is 5.50. The van der Waals surface area contributed by atoms with Crippen LogP contribution in [0.4, 0.5) is 16.2 Å². The maximum Gasteiger partial charge on any atom is 0.323 e. The third-order valence-corrected chi connectivity index (χ3v) is 2.20. The Balaban J connectivity index is 2.89. The van der Waals surface area contributed by atoms with Crippen molar-refractivity contribution < 1.29 is 19.5 Å². The summed E-state index contributed by atoms with van der Waals surface area (Å²) in [5.41, 5.74) is 11.2. The number of carboxylic acid groups (broad SMARTS) is 1. The van der Waals surface area contributed by atoms with Gasteiger partial charge in [0.15, 0.2) is 0 Å². The first kappa shape index (κ1) is 14.3. The Kier molecular flexibility index (Phi) is 4.69. The van der Waals surface area contributed by atoms with E-state index < -0.39 is 24.5 Å². The zero-order valence-corrected chi connectivity index (χ0v) is 10.00. The zero-order valence-electron chi connectivity index (χ0n) is 10.00. The minimum atomic E-state index is -1.13. The maximum absolute atomic E-state index is 11.4. The molecule has 0 heterocycles. The summed E-state index contributed by atoms with van der Waals surface area (Å²) < 4.78 is 0. The number of nitrogen functional groups attached to an aromatic ring is 1. The molecule has 0 radical (unpaired) electrons. The normalized spacial score (nSPS) is 9.68. The van der Waals surface area contributed by atoms with Gasteiger partial charge in [0, 0.05) is 0 Å². The fourth-order valence-electron chi connectivity index (χ4n) is 1.52. The number of para-hydroxylation sites is 2. The summed E-state index contributed by atoms with van der Waals surface area (Å²) in [7, 11) is 0. The van der Waals surface area contributed by atoms with Crippen molar-refractivity contribution in [2.45, 2.75) is 0 Å². The van der Waals surface area contributed by atoms with Gasteiger partial charge in [0.1, 0.15) is 6.54 Å². The Morgan fingerprint density at radius 2 is 1.84 bits per heavy atom. The number of primary amides is 1. The lowest BCUT2D eigenvalue weighted by Crippen LogP contribution is -2.44. The molecule has 1 aromatic rings. The third kappa shape index (κ3) is 4.54. The van der Waals surface area contributed by atoms with Gasteiger partial charge in [-0.3, -0.25) is 14.9 Å². The number of aliphatic carboxylic acids is 1. The van der Waals surface area contributed by atoms with E-state index in [0.717, 1.165) is 0 Å². The molecule has 0 aromatic heterocycles. The topological polar surface area (TPSA) is 139 Å². The molecule has 0 saturated carbocycles. The number of carbonyl (C=O) groups excluding carboxylic acids is 2. The summed E-state index contributed by atoms with van der Waals surface area (Å²) in [5, 5.41) is 10.7. The van der Waals surface area contributed by atoms with Crippen molar-refractivity contribution in [3.8, 4) is 0 Å². The quantitative estimate of drug-likeness (QED) is 0.522. The molecule has 19 heavy (non-hydrogen) atoms. The van der Waals surface area contributed by atoms with Crippen LogP contribution in [0.15, 0.2) is 24.3 Å². The van der Waals surface area contributed by atoms with Crippen molar-refractivity contribution in [3.63, 3.8) is 0 Å². The lowest BCUT2D eigenvalue weighted by molar-refractivity contribution is -0.135. The number of benzene rings is 1. The molecule has 0 fully saturated rings. The van der Waals surface area contributed by atoms with Gasteiger partial charge in [-0.2, -0.15) is 0 Å². The van der Waals surface area contributed by atoms with Crippen molar-refractivity contribution >= 4 is 29.3 Å². The molecule has 3 amide bonds. The van der Waals surface area contributed by atoms with Crippen molar-refractivity contribution in [1.29, 1.82) is 0 Å². The molecule has 0 aliphatic rings. The molecule has 1 aromatic carbocycles. The monoisotopic (exact) mass is 266 g/mol. The number of hydrogen-bond donors (Lipinski definition) is 4. The Morgan fingerprint density at radius 3 is 2.37 bits per heavy atom. The summed E-state index contributed by atoms with van der Waals surface area (Å²) in [6.07, 6.45) is 0. The van der Waals surface area contributed by atoms with E-state index in [1.165, 1.54) is 4.90 Å². The number of anilines is 2. The van der Waals surface area contributed by atoms with Gasteiger partial charge >= 0.3 is 12.0 Å². The fraction of sp³-hybridized carbons (Fsp3) is 0.182. The standard InChI is InChI=1S/C11H14N4O4/c12-7-3-1-2-4-8(7)15(6-10(17)18)5-9(16)14-11(13)19/h1-4H,5-6,12H2,(H,17,18)(H3,13,14,16,19). The van der Waals surface area contributed by atoms with Crippen LogP contribution in [0, 0.1) is 0 Å². The Morgan fingerprint density at radius 1 is 1.21 bits per heavy atom. The van der Waals surface area contributed by atoms with Gasteiger partial charge in [-0.1, -0.05) is 12.1 Å². The van der Waals surface area contributed by atoms with Crippen LogP contribution in [0.5, 0.6) is 0 Å². The third-order valence-electron chi connectivity index (χ3n) is 2.20. The fourth-order valence-corrected chi connectivity index (χ4v) is 1.52. The molecular weight excluding hydrogens is 252 g/mol. The van der Waals surface area contributed by atoms with Crippen molar-refractivity contribution in [2.75, 3.05) is 23.7 Å². The highest BCUT2D eigenvalue weighted by Crippen LogP contribution is 2.21. The number of nitrogens with one attached hydrogen (secondary N) is 1.